The second-order valence-electron chi connectivity index (χ2n) is 6.69. The molecule has 25 heavy (non-hydrogen) atoms. The van der Waals surface area contributed by atoms with Gasteiger partial charge >= 0.3 is 17.7 Å². The molecule has 1 N–H and O–H groups in total. The van der Waals surface area contributed by atoms with E-state index in [1.54, 1.807) is 26.8 Å². The molecule has 1 aromatic rings. The number of hydrogen-bond acceptors (Lipinski definition) is 6. The van der Waals surface area contributed by atoms with Gasteiger partial charge in [0.1, 0.15) is 17.7 Å². The van der Waals surface area contributed by atoms with E-state index in [-0.39, 0.29) is 24.4 Å². The molecule has 2 atom stereocenters. The Morgan fingerprint density at radius 2 is 1.96 bits per heavy atom. The molecule has 9 heteroatoms. The first-order valence-corrected chi connectivity index (χ1v) is 7.71. The third kappa shape index (κ3) is 4.59. The summed E-state index contributed by atoms with van der Waals surface area (Å²) in [5.41, 5.74) is -0.984. The topological polar surface area (TPSA) is 119 Å². The van der Waals surface area contributed by atoms with E-state index in [0.29, 0.717) is 0 Å². The summed E-state index contributed by atoms with van der Waals surface area (Å²) in [5.74, 6) is -1.15. The van der Waals surface area contributed by atoms with Gasteiger partial charge in [-0.25, -0.2) is 9.59 Å². The van der Waals surface area contributed by atoms with Crippen molar-refractivity contribution >= 4 is 17.7 Å². The van der Waals surface area contributed by atoms with Gasteiger partial charge in [0.15, 0.2) is 5.75 Å². The summed E-state index contributed by atoms with van der Waals surface area (Å²) in [6.07, 6.45) is -1.43. The number of nitro benzene ring substituents is 1. The fraction of sp³-hybridized carbons (Fsp3) is 0.500. The van der Waals surface area contributed by atoms with Gasteiger partial charge in [-0.3, -0.25) is 15.0 Å². The molecule has 0 radical (unpaired) electrons. The standard InChI is InChI=1S/C16H20N2O7/c1-16(2,3)25-15(21)17-9-10(8-12(17)14(19)20)24-13-7-5-4-6-11(13)18(22)23/h4-7,10,12H,8-9H2,1-3H3,(H,19,20)/t10-,12+/m1/s1. The number of hydrogen-bond donors (Lipinski definition) is 1. The molecule has 1 aliphatic heterocycles. The Bertz CT molecular complexity index is 683. The summed E-state index contributed by atoms with van der Waals surface area (Å²) in [5, 5.41) is 20.4. The van der Waals surface area contributed by atoms with E-state index in [9.17, 15) is 24.8 Å². The van der Waals surface area contributed by atoms with Crippen LogP contribution in [0.4, 0.5) is 10.5 Å². The molecule has 0 aliphatic carbocycles. The molecular formula is C16H20N2O7. The van der Waals surface area contributed by atoms with Crippen LogP contribution in [0.3, 0.4) is 0 Å². The molecule has 0 saturated carbocycles. The van der Waals surface area contributed by atoms with Crippen LogP contribution in [0, 0.1) is 10.1 Å². The van der Waals surface area contributed by atoms with Crippen molar-refractivity contribution in [2.24, 2.45) is 0 Å². The Morgan fingerprint density at radius 1 is 1.32 bits per heavy atom. The summed E-state index contributed by atoms with van der Waals surface area (Å²) < 4.78 is 10.8. The highest BCUT2D eigenvalue weighted by molar-refractivity contribution is 5.81. The van der Waals surface area contributed by atoms with Gasteiger partial charge in [0.05, 0.1) is 11.5 Å². The van der Waals surface area contributed by atoms with E-state index in [4.69, 9.17) is 9.47 Å². The van der Waals surface area contributed by atoms with E-state index in [2.05, 4.69) is 0 Å². The van der Waals surface area contributed by atoms with E-state index < -0.39 is 34.7 Å². The number of nitrogens with zero attached hydrogens (tertiary/aromatic N) is 2. The number of nitro groups is 1. The van der Waals surface area contributed by atoms with Crippen molar-refractivity contribution in [1.29, 1.82) is 0 Å². The van der Waals surface area contributed by atoms with Crippen molar-refractivity contribution < 1.29 is 29.1 Å². The van der Waals surface area contributed by atoms with E-state index >= 15 is 0 Å². The molecule has 1 aromatic carbocycles. The van der Waals surface area contributed by atoms with Gasteiger partial charge < -0.3 is 14.6 Å². The maximum absolute atomic E-state index is 12.2. The summed E-state index contributed by atoms with van der Waals surface area (Å²) in [7, 11) is 0. The van der Waals surface area contributed by atoms with Crippen LogP contribution in [-0.4, -0.2) is 51.3 Å². The number of aliphatic carboxylic acids is 1. The van der Waals surface area contributed by atoms with Crippen molar-refractivity contribution in [3.63, 3.8) is 0 Å². The molecule has 1 heterocycles. The number of ether oxygens (including phenoxy) is 2. The predicted molar refractivity (Wildman–Crippen MR) is 86.5 cm³/mol. The zero-order valence-electron chi connectivity index (χ0n) is 14.2. The second kappa shape index (κ2) is 6.96. The van der Waals surface area contributed by atoms with E-state index in [0.717, 1.165) is 4.90 Å². The van der Waals surface area contributed by atoms with Gasteiger partial charge in [0.2, 0.25) is 0 Å². The lowest BCUT2D eigenvalue weighted by atomic mass is 10.2. The van der Waals surface area contributed by atoms with Crippen LogP contribution in [0.5, 0.6) is 5.75 Å². The van der Waals surface area contributed by atoms with Crippen LogP contribution in [0.2, 0.25) is 0 Å². The quantitative estimate of drug-likeness (QED) is 0.653. The zero-order chi connectivity index (χ0) is 18.8. The lowest BCUT2D eigenvalue weighted by Gasteiger charge is -2.26. The Morgan fingerprint density at radius 3 is 2.52 bits per heavy atom. The molecule has 0 spiro atoms. The number of amides is 1. The Labute approximate surface area is 144 Å². The maximum Gasteiger partial charge on any atom is 0.411 e. The summed E-state index contributed by atoms with van der Waals surface area (Å²) in [6.45, 7) is 5.01. The van der Waals surface area contributed by atoms with Gasteiger partial charge in [-0.05, 0) is 26.8 Å². The van der Waals surface area contributed by atoms with Crippen LogP contribution in [-0.2, 0) is 9.53 Å². The van der Waals surface area contributed by atoms with Crippen LogP contribution >= 0.6 is 0 Å². The molecular weight excluding hydrogens is 332 g/mol. The number of likely N-dealkylation sites (tertiary alicyclic amines) is 1. The molecule has 9 nitrogen and oxygen atoms in total. The Hall–Kier alpha value is -2.84. The van der Waals surface area contributed by atoms with Crippen molar-refractivity contribution in [2.45, 2.75) is 44.9 Å². The predicted octanol–water partition coefficient (Wildman–Crippen LogP) is 2.44. The number of carboxylic acid groups (broad SMARTS) is 1. The molecule has 1 aliphatic rings. The first-order chi connectivity index (χ1) is 11.6. The van der Waals surface area contributed by atoms with Crippen LogP contribution < -0.4 is 4.74 Å². The SMILES string of the molecule is CC(C)(C)OC(=O)N1C[C@H](Oc2ccccc2[N+](=O)[O-])C[C@H]1C(=O)O. The number of carboxylic acids is 1. The molecule has 0 bridgehead atoms. The Kier molecular flexibility index (Phi) is 5.15. The molecule has 1 amide bonds. The number of rotatable bonds is 4. The molecule has 2 rings (SSSR count). The number of benzene rings is 1. The largest absolute Gasteiger partial charge is 0.482 e. The molecule has 136 valence electrons. The number of carbonyl (C=O) groups is 2. The summed E-state index contributed by atoms with van der Waals surface area (Å²) >= 11 is 0. The van der Waals surface area contributed by atoms with Crippen LogP contribution in [0.15, 0.2) is 24.3 Å². The van der Waals surface area contributed by atoms with Gasteiger partial charge in [-0.15, -0.1) is 0 Å². The van der Waals surface area contributed by atoms with Crippen LogP contribution in [0.25, 0.3) is 0 Å². The molecule has 0 unspecified atom stereocenters. The van der Waals surface area contributed by atoms with E-state index in [1.165, 1.54) is 18.2 Å². The van der Waals surface area contributed by atoms with Crippen LogP contribution in [0.1, 0.15) is 27.2 Å². The third-order valence-electron chi connectivity index (χ3n) is 3.53. The van der Waals surface area contributed by atoms with Crippen molar-refractivity contribution in [2.75, 3.05) is 6.54 Å². The van der Waals surface area contributed by atoms with E-state index in [1.807, 2.05) is 0 Å². The number of para-hydroxylation sites is 2. The first-order valence-electron chi connectivity index (χ1n) is 7.71. The van der Waals surface area contributed by atoms with Crippen molar-refractivity contribution in [3.8, 4) is 5.75 Å². The summed E-state index contributed by atoms with van der Waals surface area (Å²) in [6, 6.07) is 4.71. The molecule has 1 fully saturated rings. The zero-order valence-corrected chi connectivity index (χ0v) is 14.2. The van der Waals surface area contributed by atoms with Gasteiger partial charge in [0, 0.05) is 12.5 Å². The van der Waals surface area contributed by atoms with Gasteiger partial charge in [-0.1, -0.05) is 12.1 Å². The highest BCUT2D eigenvalue weighted by Gasteiger charge is 2.43. The highest BCUT2D eigenvalue weighted by atomic mass is 16.6. The van der Waals surface area contributed by atoms with Gasteiger partial charge in [-0.2, -0.15) is 0 Å². The lowest BCUT2D eigenvalue weighted by molar-refractivity contribution is -0.386. The third-order valence-corrected chi connectivity index (χ3v) is 3.53. The monoisotopic (exact) mass is 352 g/mol. The summed E-state index contributed by atoms with van der Waals surface area (Å²) in [4.78, 5) is 35.2. The fourth-order valence-electron chi connectivity index (χ4n) is 2.53. The normalized spacial score (nSPS) is 20.2. The average Bonchev–Trinajstić information content (AvgIpc) is 2.90. The van der Waals surface area contributed by atoms with Crippen molar-refractivity contribution in [3.05, 3.63) is 34.4 Å². The second-order valence-corrected chi connectivity index (χ2v) is 6.69. The average molecular weight is 352 g/mol. The molecule has 1 saturated heterocycles. The fourth-order valence-corrected chi connectivity index (χ4v) is 2.53. The minimum Gasteiger partial charge on any atom is -0.482 e. The minimum absolute atomic E-state index is 0.0145. The minimum atomic E-state index is -1.18. The van der Waals surface area contributed by atoms with Gasteiger partial charge in [0.25, 0.3) is 0 Å². The Balaban J connectivity index is 2.16. The highest BCUT2D eigenvalue weighted by Crippen LogP contribution is 2.30. The number of carbonyl (C=O) groups excluding carboxylic acids is 1. The first kappa shape index (κ1) is 18.5. The molecule has 0 aromatic heterocycles. The van der Waals surface area contributed by atoms with Crippen molar-refractivity contribution in [1.82, 2.24) is 4.90 Å². The maximum atomic E-state index is 12.2. The lowest BCUT2D eigenvalue weighted by Crippen LogP contribution is -2.43. The smallest absolute Gasteiger partial charge is 0.411 e.